The molecule has 9 nitrogen and oxygen atoms in total. The van der Waals surface area contributed by atoms with Crippen LogP contribution in [0.5, 0.6) is 0 Å². The number of fused-ring (bicyclic) bond motifs is 4. The molecule has 0 saturated heterocycles. The molecular formula is C35H31N3O6. The van der Waals surface area contributed by atoms with E-state index < -0.39 is 11.6 Å². The van der Waals surface area contributed by atoms with Gasteiger partial charge in [-0.05, 0) is 67.1 Å². The van der Waals surface area contributed by atoms with Crippen molar-refractivity contribution in [2.24, 2.45) is 0 Å². The van der Waals surface area contributed by atoms with Crippen molar-refractivity contribution in [1.82, 2.24) is 9.88 Å². The summed E-state index contributed by atoms with van der Waals surface area (Å²) in [5, 5.41) is 6.33. The van der Waals surface area contributed by atoms with Crippen LogP contribution in [-0.2, 0) is 16.1 Å². The molecule has 0 bridgehead atoms. The molecule has 1 N–H and O–H groups in total. The smallest absolute Gasteiger partial charge is 0.351 e. The Bertz CT molecular complexity index is 2180. The third-order valence-corrected chi connectivity index (χ3v) is 7.87. The maximum Gasteiger partial charge on any atom is 0.351 e. The summed E-state index contributed by atoms with van der Waals surface area (Å²) in [4.78, 5) is 53.8. The van der Waals surface area contributed by atoms with Crippen LogP contribution in [-0.4, -0.2) is 42.7 Å². The number of rotatable bonds is 9. The zero-order valence-corrected chi connectivity index (χ0v) is 24.5. The van der Waals surface area contributed by atoms with Gasteiger partial charge in [0.05, 0.1) is 17.6 Å². The van der Waals surface area contributed by atoms with Gasteiger partial charge in [-0.25, -0.2) is 9.59 Å². The minimum Gasteiger partial charge on any atom is -0.460 e. The number of hydrogen-bond acceptors (Lipinski definition) is 7. The number of pyridine rings is 1. The van der Waals surface area contributed by atoms with Crippen LogP contribution in [0.3, 0.4) is 0 Å². The predicted octanol–water partition coefficient (Wildman–Crippen LogP) is 5.23. The molecule has 2 heterocycles. The first-order valence-corrected chi connectivity index (χ1v) is 14.6. The van der Waals surface area contributed by atoms with Gasteiger partial charge in [0.1, 0.15) is 24.3 Å². The van der Waals surface area contributed by atoms with Crippen molar-refractivity contribution in [1.29, 1.82) is 0 Å². The van der Waals surface area contributed by atoms with E-state index in [0.29, 0.717) is 32.8 Å². The number of aromatic nitrogens is 1. The fourth-order valence-corrected chi connectivity index (χ4v) is 5.62. The second-order valence-corrected chi connectivity index (χ2v) is 10.5. The van der Waals surface area contributed by atoms with Crippen molar-refractivity contribution in [3.8, 4) is 0 Å². The highest BCUT2D eigenvalue weighted by molar-refractivity contribution is 6.02. The largest absolute Gasteiger partial charge is 0.460 e. The Balaban J connectivity index is 1.15. The van der Waals surface area contributed by atoms with Gasteiger partial charge in [-0.3, -0.25) is 9.59 Å². The van der Waals surface area contributed by atoms with Crippen LogP contribution in [0, 0.1) is 0 Å². The maximum absolute atomic E-state index is 13.3. The number of carbonyl (C=O) groups is 2. The van der Waals surface area contributed by atoms with Crippen LogP contribution < -0.4 is 21.3 Å². The summed E-state index contributed by atoms with van der Waals surface area (Å²) in [7, 11) is 0. The van der Waals surface area contributed by atoms with Gasteiger partial charge in [0.15, 0.2) is 5.43 Å². The number of anilines is 1. The average Bonchev–Trinajstić information content (AvgIpc) is 3.04. The third kappa shape index (κ3) is 5.40. The molecule has 9 heteroatoms. The monoisotopic (exact) mass is 589 g/mol. The van der Waals surface area contributed by atoms with Crippen LogP contribution in [0.25, 0.3) is 43.5 Å². The predicted molar refractivity (Wildman–Crippen MR) is 173 cm³/mol. The molecule has 4 aromatic carbocycles. The maximum atomic E-state index is 13.3. The lowest BCUT2D eigenvalue weighted by Crippen LogP contribution is -2.32. The molecule has 6 rings (SSSR count). The molecule has 0 radical (unpaired) electrons. The topological polar surface area (TPSA) is 111 Å². The van der Waals surface area contributed by atoms with Crippen LogP contribution in [0.2, 0.25) is 0 Å². The van der Waals surface area contributed by atoms with Crippen LogP contribution in [0.15, 0.2) is 98.9 Å². The number of esters is 1. The highest BCUT2D eigenvalue weighted by atomic mass is 16.5. The normalized spacial score (nSPS) is 11.3. The number of amides is 1. The van der Waals surface area contributed by atoms with E-state index in [1.807, 2.05) is 73.0 Å². The summed E-state index contributed by atoms with van der Waals surface area (Å²) in [5.74, 6) is -1.15. The Morgan fingerprint density at radius 1 is 0.818 bits per heavy atom. The molecule has 0 aliphatic rings. The van der Waals surface area contributed by atoms with Crippen molar-refractivity contribution in [2.45, 2.75) is 20.4 Å². The van der Waals surface area contributed by atoms with Crippen molar-refractivity contribution in [3.05, 3.63) is 111 Å². The number of benzene rings is 4. The lowest BCUT2D eigenvalue weighted by atomic mass is 10.0. The van der Waals surface area contributed by atoms with E-state index in [2.05, 4.69) is 10.2 Å². The summed E-state index contributed by atoms with van der Waals surface area (Å²) in [6.45, 7) is 5.55. The van der Waals surface area contributed by atoms with Crippen LogP contribution in [0.4, 0.5) is 5.69 Å². The van der Waals surface area contributed by atoms with E-state index in [0.717, 1.165) is 29.5 Å². The van der Waals surface area contributed by atoms with Crippen molar-refractivity contribution in [2.75, 3.05) is 31.1 Å². The zero-order chi connectivity index (χ0) is 30.8. The number of carbonyl (C=O) groups excluding carboxylic acids is 2. The SMILES string of the molecule is CCN(CC)c1ccc2cc(C(=O)OCCNC(=O)Cn3c4ccccc4c(=O)c4cc5ccccc5cc43)c(=O)oc2c1. The molecule has 0 saturated carbocycles. The van der Waals surface area contributed by atoms with Crippen LogP contribution in [0.1, 0.15) is 24.2 Å². The highest BCUT2D eigenvalue weighted by Gasteiger charge is 2.17. The molecule has 44 heavy (non-hydrogen) atoms. The third-order valence-electron chi connectivity index (χ3n) is 7.87. The van der Waals surface area contributed by atoms with E-state index in [1.165, 1.54) is 6.07 Å². The van der Waals surface area contributed by atoms with Gasteiger partial charge in [0.2, 0.25) is 5.91 Å². The number of nitrogens with zero attached hydrogens (tertiary/aromatic N) is 2. The first-order chi connectivity index (χ1) is 21.4. The lowest BCUT2D eigenvalue weighted by Gasteiger charge is -2.20. The fourth-order valence-electron chi connectivity index (χ4n) is 5.62. The minimum atomic E-state index is -0.827. The minimum absolute atomic E-state index is 0.0374. The van der Waals surface area contributed by atoms with Gasteiger partial charge in [-0.1, -0.05) is 36.4 Å². The molecule has 6 aromatic rings. The number of hydrogen-bond donors (Lipinski definition) is 1. The molecular weight excluding hydrogens is 558 g/mol. The second kappa shape index (κ2) is 12.0. The Morgan fingerprint density at radius 2 is 1.55 bits per heavy atom. The molecule has 1 amide bonds. The summed E-state index contributed by atoms with van der Waals surface area (Å²) in [6, 6.07) is 25.7. The number of ether oxygens (including phenoxy) is 1. The van der Waals surface area contributed by atoms with Crippen molar-refractivity contribution in [3.63, 3.8) is 0 Å². The van der Waals surface area contributed by atoms with E-state index in [1.54, 1.807) is 24.3 Å². The zero-order valence-electron chi connectivity index (χ0n) is 24.5. The summed E-state index contributed by atoms with van der Waals surface area (Å²) in [6.07, 6.45) is 0. The Morgan fingerprint density at radius 3 is 2.32 bits per heavy atom. The molecule has 0 fully saturated rings. The summed E-state index contributed by atoms with van der Waals surface area (Å²) in [5.41, 5.74) is 1.53. The van der Waals surface area contributed by atoms with Crippen molar-refractivity contribution >= 4 is 61.1 Å². The van der Waals surface area contributed by atoms with E-state index >= 15 is 0 Å². The Kier molecular flexibility index (Phi) is 7.85. The quantitative estimate of drug-likeness (QED) is 0.106. The standard InChI is InChI=1S/C35H31N3O6/c1-3-37(4-2)25-14-13-24-18-28(35(42)44-31(24)20-25)34(41)43-16-15-36-32(39)21-38-29-12-8-7-11-26(29)33(40)27-17-22-9-5-6-10-23(22)19-30(27)38/h5-14,17-20H,3-4,15-16,21H2,1-2H3,(H,36,39). The molecule has 0 atom stereocenters. The molecule has 2 aromatic heterocycles. The van der Waals surface area contributed by atoms with Gasteiger partial charge < -0.3 is 23.9 Å². The van der Waals surface area contributed by atoms with E-state index in [9.17, 15) is 19.2 Å². The molecule has 0 spiro atoms. The second-order valence-electron chi connectivity index (χ2n) is 10.5. The number of nitrogens with one attached hydrogen (secondary N) is 1. The summed E-state index contributed by atoms with van der Waals surface area (Å²) < 4.78 is 12.5. The molecule has 222 valence electrons. The van der Waals surface area contributed by atoms with Gasteiger partial charge >= 0.3 is 11.6 Å². The first-order valence-electron chi connectivity index (χ1n) is 14.6. The Hall–Kier alpha value is -5.44. The average molecular weight is 590 g/mol. The van der Waals surface area contributed by atoms with Crippen LogP contribution >= 0.6 is 0 Å². The first kappa shape index (κ1) is 28.7. The van der Waals surface area contributed by atoms with Gasteiger partial charge in [-0.15, -0.1) is 0 Å². The molecule has 0 unspecified atom stereocenters. The van der Waals surface area contributed by atoms with Gasteiger partial charge in [-0.2, -0.15) is 0 Å². The van der Waals surface area contributed by atoms with E-state index in [-0.39, 0.29) is 36.6 Å². The van der Waals surface area contributed by atoms with E-state index in [4.69, 9.17) is 9.15 Å². The van der Waals surface area contributed by atoms with Gasteiger partial charge in [0, 0.05) is 41.0 Å². The number of para-hydroxylation sites is 1. The molecule has 0 aliphatic heterocycles. The lowest BCUT2D eigenvalue weighted by molar-refractivity contribution is -0.121. The molecule has 0 aliphatic carbocycles. The van der Waals surface area contributed by atoms with Gasteiger partial charge in [0.25, 0.3) is 0 Å². The Labute approximate surface area is 252 Å². The summed E-state index contributed by atoms with van der Waals surface area (Å²) >= 11 is 0. The fraction of sp³-hybridized carbons (Fsp3) is 0.200. The highest BCUT2D eigenvalue weighted by Crippen LogP contribution is 2.25. The van der Waals surface area contributed by atoms with Crippen molar-refractivity contribution < 1.29 is 18.7 Å².